The largest absolute Gasteiger partial charge is 0.392 e. The van der Waals surface area contributed by atoms with E-state index < -0.39 is 6.10 Å². The minimum Gasteiger partial charge on any atom is -0.392 e. The predicted molar refractivity (Wildman–Crippen MR) is 39.5 cm³/mol. The molecule has 0 saturated carbocycles. The van der Waals surface area contributed by atoms with Crippen LogP contribution in [0.15, 0.2) is 12.7 Å². The van der Waals surface area contributed by atoms with Crippen LogP contribution in [0.5, 0.6) is 0 Å². The quantitative estimate of drug-likeness (QED) is 0.547. The van der Waals surface area contributed by atoms with Gasteiger partial charge in [0.15, 0.2) is 0 Å². The topological polar surface area (TPSA) is 49.3 Å². The minimum atomic E-state index is -0.478. The first-order valence-electron chi connectivity index (χ1n) is 3.22. The van der Waals surface area contributed by atoms with E-state index >= 15 is 0 Å². The van der Waals surface area contributed by atoms with Gasteiger partial charge >= 0.3 is 0 Å². The summed E-state index contributed by atoms with van der Waals surface area (Å²) in [4.78, 5) is 10.7. The summed E-state index contributed by atoms with van der Waals surface area (Å²) < 4.78 is 0. The van der Waals surface area contributed by atoms with Crippen LogP contribution >= 0.6 is 0 Å². The molecule has 1 unspecified atom stereocenters. The van der Waals surface area contributed by atoms with Crippen molar-refractivity contribution in [1.82, 2.24) is 5.32 Å². The Kier molecular flexibility index (Phi) is 4.58. The van der Waals surface area contributed by atoms with Crippen LogP contribution in [-0.4, -0.2) is 23.7 Å². The number of hydrogen-bond acceptors (Lipinski definition) is 2. The number of amides is 1. The molecular formula is C7H13NO2. The van der Waals surface area contributed by atoms with E-state index in [1.165, 1.54) is 6.08 Å². The molecule has 10 heavy (non-hydrogen) atoms. The maximum atomic E-state index is 10.7. The molecule has 0 aromatic heterocycles. The average Bonchev–Trinajstić information content (AvgIpc) is 1.85. The number of carbonyl (C=O) groups excluding carboxylic acids is 1. The number of aliphatic hydroxyl groups excluding tert-OH is 1. The molecule has 0 aliphatic heterocycles. The Morgan fingerprint density at radius 1 is 1.90 bits per heavy atom. The lowest BCUT2D eigenvalue weighted by atomic mass is 10.3. The highest BCUT2D eigenvalue weighted by molar-refractivity contribution is 5.77. The van der Waals surface area contributed by atoms with Crippen LogP contribution in [0.2, 0.25) is 0 Å². The molecule has 0 aliphatic carbocycles. The Morgan fingerprint density at radius 3 is 2.90 bits per heavy atom. The average molecular weight is 143 g/mol. The summed E-state index contributed by atoms with van der Waals surface area (Å²) in [5.74, 6) is -0.101. The van der Waals surface area contributed by atoms with E-state index in [2.05, 4.69) is 11.9 Å². The molecule has 0 spiro atoms. The fourth-order valence-corrected chi connectivity index (χ4v) is 0.465. The third kappa shape index (κ3) is 5.31. The lowest BCUT2D eigenvalue weighted by Gasteiger charge is -2.04. The molecular weight excluding hydrogens is 130 g/mol. The standard InChI is InChI=1S/C7H13NO2/c1-3-4-7(10)8-5-6(2)9/h3,6,9H,1,4-5H2,2H3,(H,8,10). The fourth-order valence-electron chi connectivity index (χ4n) is 0.465. The van der Waals surface area contributed by atoms with Gasteiger partial charge in [-0.2, -0.15) is 0 Å². The number of aliphatic hydroxyl groups is 1. The fraction of sp³-hybridized carbons (Fsp3) is 0.571. The van der Waals surface area contributed by atoms with E-state index in [0.717, 1.165) is 0 Å². The number of nitrogens with one attached hydrogen (secondary N) is 1. The van der Waals surface area contributed by atoms with Gasteiger partial charge in [0.1, 0.15) is 0 Å². The Hall–Kier alpha value is -0.830. The summed E-state index contributed by atoms with van der Waals surface area (Å²) >= 11 is 0. The number of carbonyl (C=O) groups is 1. The van der Waals surface area contributed by atoms with Crippen LogP contribution in [0.3, 0.4) is 0 Å². The van der Waals surface area contributed by atoms with Gasteiger partial charge in [-0.15, -0.1) is 6.58 Å². The van der Waals surface area contributed by atoms with Gasteiger partial charge in [0.05, 0.1) is 6.10 Å². The Labute approximate surface area is 60.7 Å². The SMILES string of the molecule is C=CCC(=O)NCC(C)O. The van der Waals surface area contributed by atoms with Crippen molar-refractivity contribution in [3.05, 3.63) is 12.7 Å². The van der Waals surface area contributed by atoms with Crippen molar-refractivity contribution in [2.75, 3.05) is 6.54 Å². The van der Waals surface area contributed by atoms with Crippen LogP contribution < -0.4 is 5.32 Å². The van der Waals surface area contributed by atoms with E-state index in [-0.39, 0.29) is 5.91 Å². The van der Waals surface area contributed by atoms with Gasteiger partial charge in [0, 0.05) is 13.0 Å². The molecule has 3 heteroatoms. The smallest absolute Gasteiger partial charge is 0.223 e. The van der Waals surface area contributed by atoms with Gasteiger partial charge in [-0.05, 0) is 6.92 Å². The van der Waals surface area contributed by atoms with E-state index in [9.17, 15) is 4.79 Å². The molecule has 0 rings (SSSR count). The summed E-state index contributed by atoms with van der Waals surface area (Å²) in [6.07, 6.45) is 1.36. The normalized spacial score (nSPS) is 12.2. The Morgan fingerprint density at radius 2 is 2.50 bits per heavy atom. The highest BCUT2D eigenvalue weighted by Gasteiger charge is 1.98. The lowest BCUT2D eigenvalue weighted by Crippen LogP contribution is -2.29. The number of rotatable bonds is 4. The van der Waals surface area contributed by atoms with Crippen LogP contribution in [-0.2, 0) is 4.79 Å². The second-order valence-corrected chi connectivity index (χ2v) is 2.15. The van der Waals surface area contributed by atoms with Crippen molar-refractivity contribution in [3.8, 4) is 0 Å². The summed E-state index contributed by atoms with van der Waals surface area (Å²) in [6, 6.07) is 0. The molecule has 58 valence electrons. The van der Waals surface area contributed by atoms with Crippen LogP contribution in [0, 0.1) is 0 Å². The predicted octanol–water partition coefficient (Wildman–Crippen LogP) is 0.0595. The molecule has 0 fully saturated rings. The van der Waals surface area contributed by atoms with Crippen molar-refractivity contribution < 1.29 is 9.90 Å². The molecule has 0 aliphatic rings. The highest BCUT2D eigenvalue weighted by atomic mass is 16.3. The Bertz CT molecular complexity index is 121. The van der Waals surface area contributed by atoms with Crippen molar-refractivity contribution in [2.45, 2.75) is 19.4 Å². The zero-order valence-corrected chi connectivity index (χ0v) is 6.13. The molecule has 0 aromatic rings. The summed E-state index contributed by atoms with van der Waals surface area (Å²) in [5.41, 5.74) is 0. The van der Waals surface area contributed by atoms with Gasteiger partial charge in [0.2, 0.25) is 5.91 Å². The van der Waals surface area contributed by atoms with E-state index in [1.807, 2.05) is 0 Å². The van der Waals surface area contributed by atoms with Crippen LogP contribution in [0.4, 0.5) is 0 Å². The second kappa shape index (κ2) is 4.99. The second-order valence-electron chi connectivity index (χ2n) is 2.15. The van der Waals surface area contributed by atoms with Gasteiger partial charge in [-0.3, -0.25) is 4.79 Å². The Balaban J connectivity index is 3.30. The van der Waals surface area contributed by atoms with Crippen molar-refractivity contribution >= 4 is 5.91 Å². The maximum Gasteiger partial charge on any atom is 0.223 e. The van der Waals surface area contributed by atoms with E-state index in [1.54, 1.807) is 6.92 Å². The molecule has 0 radical (unpaired) electrons. The summed E-state index contributed by atoms with van der Waals surface area (Å²) in [7, 11) is 0. The molecule has 1 amide bonds. The maximum absolute atomic E-state index is 10.7. The molecule has 0 aromatic carbocycles. The van der Waals surface area contributed by atoms with E-state index in [0.29, 0.717) is 13.0 Å². The molecule has 0 bridgehead atoms. The molecule has 0 saturated heterocycles. The van der Waals surface area contributed by atoms with Crippen molar-refractivity contribution in [3.63, 3.8) is 0 Å². The van der Waals surface area contributed by atoms with Gasteiger partial charge < -0.3 is 10.4 Å². The van der Waals surface area contributed by atoms with Gasteiger partial charge in [-0.25, -0.2) is 0 Å². The lowest BCUT2D eigenvalue weighted by molar-refractivity contribution is -0.120. The van der Waals surface area contributed by atoms with Crippen LogP contribution in [0.1, 0.15) is 13.3 Å². The van der Waals surface area contributed by atoms with Gasteiger partial charge in [-0.1, -0.05) is 6.08 Å². The molecule has 1 atom stereocenters. The molecule has 2 N–H and O–H groups in total. The van der Waals surface area contributed by atoms with Crippen molar-refractivity contribution in [1.29, 1.82) is 0 Å². The third-order valence-electron chi connectivity index (χ3n) is 0.924. The highest BCUT2D eigenvalue weighted by Crippen LogP contribution is 1.80. The first kappa shape index (κ1) is 9.17. The zero-order valence-electron chi connectivity index (χ0n) is 6.13. The first-order chi connectivity index (χ1) is 4.66. The molecule has 0 heterocycles. The minimum absolute atomic E-state index is 0.101. The zero-order chi connectivity index (χ0) is 7.98. The van der Waals surface area contributed by atoms with Gasteiger partial charge in [0.25, 0.3) is 0 Å². The van der Waals surface area contributed by atoms with E-state index in [4.69, 9.17) is 5.11 Å². The first-order valence-corrected chi connectivity index (χ1v) is 3.22. The number of hydrogen-bond donors (Lipinski definition) is 2. The van der Waals surface area contributed by atoms with Crippen LogP contribution in [0.25, 0.3) is 0 Å². The summed E-state index contributed by atoms with van der Waals surface area (Å²) in [5, 5.41) is 11.3. The summed E-state index contributed by atoms with van der Waals surface area (Å²) in [6.45, 7) is 5.34. The molecule has 3 nitrogen and oxygen atoms in total. The monoisotopic (exact) mass is 143 g/mol. The third-order valence-corrected chi connectivity index (χ3v) is 0.924. The van der Waals surface area contributed by atoms with Crippen molar-refractivity contribution in [2.24, 2.45) is 0 Å².